The summed E-state index contributed by atoms with van der Waals surface area (Å²) in [4.78, 5) is 8.33. The maximum absolute atomic E-state index is 8.69. The number of rotatable bonds is 0. The first-order chi connectivity index (χ1) is 3.73. The maximum atomic E-state index is 8.69. The van der Waals surface area contributed by atoms with Gasteiger partial charge in [-0.2, -0.15) is 0 Å². The van der Waals surface area contributed by atoms with Crippen molar-refractivity contribution in [2.45, 2.75) is 0 Å². The van der Waals surface area contributed by atoms with Crippen molar-refractivity contribution >= 4 is 6.16 Å². The van der Waals surface area contributed by atoms with E-state index in [1.54, 1.807) is 0 Å². The third-order valence-electron chi connectivity index (χ3n) is 0. The summed E-state index contributed by atoms with van der Waals surface area (Å²) in [6.45, 7) is 0. The van der Waals surface area contributed by atoms with E-state index in [9.17, 15) is 0 Å². The third-order valence-corrected chi connectivity index (χ3v) is 0. The van der Waals surface area contributed by atoms with Crippen LogP contribution in [-0.2, 0) is 24.5 Å². The molecular formula is CHMnNa2O7. The van der Waals surface area contributed by atoms with Gasteiger partial charge in [0.15, 0.2) is 0 Å². The predicted octanol–water partition coefficient (Wildman–Crippen LogP) is -9.35. The van der Waals surface area contributed by atoms with Crippen molar-refractivity contribution in [1.82, 2.24) is 0 Å². The second kappa shape index (κ2) is 11.1. The molecule has 0 heterocycles. The molecule has 7 nitrogen and oxygen atoms in total. The molecule has 0 atom stereocenters. The van der Waals surface area contributed by atoms with Crippen LogP contribution in [-0.4, -0.2) is 10.3 Å². The number of carbonyl (C=O) groups is 1. The third kappa shape index (κ3) is 706. The predicted molar refractivity (Wildman–Crippen MR) is 9.67 cm³/mol. The molecule has 0 radical (unpaired) electrons. The summed E-state index contributed by atoms with van der Waals surface area (Å²) < 4.78 is 33.1. The van der Waals surface area contributed by atoms with Crippen molar-refractivity contribution in [3.05, 3.63) is 0 Å². The van der Waals surface area contributed by atoms with Crippen LogP contribution in [0.15, 0.2) is 0 Å². The van der Waals surface area contributed by atoms with Crippen molar-refractivity contribution < 1.29 is 103 Å². The van der Waals surface area contributed by atoms with Crippen LogP contribution in [0.4, 0.5) is 4.79 Å². The second-order valence-electron chi connectivity index (χ2n) is 0.646. The molecule has 0 aliphatic heterocycles. The summed E-state index contributed by atoms with van der Waals surface area (Å²) >= 11 is -5.38. The summed E-state index contributed by atoms with van der Waals surface area (Å²) in [5.74, 6) is 0. The fraction of sp³-hybridized carbons (Fsp3) is 0. The van der Waals surface area contributed by atoms with Crippen LogP contribution in [0.25, 0.3) is 0 Å². The van der Waals surface area contributed by atoms with Gasteiger partial charge >= 0.3 is 87.8 Å². The molecule has 0 rings (SSSR count). The average Bonchev–Trinajstić information content (AvgIpc) is 1.19. The van der Waals surface area contributed by atoms with Crippen LogP contribution in [0.3, 0.4) is 0 Å². The van der Waals surface area contributed by atoms with Gasteiger partial charge < -0.3 is 15.0 Å². The average molecular weight is 226 g/mol. The first-order valence-corrected chi connectivity index (χ1v) is 3.22. The fourth-order valence-electron chi connectivity index (χ4n) is 0. The fourth-order valence-corrected chi connectivity index (χ4v) is 0. The standard InChI is InChI=1S/CH2O3.Mn.2Na.H2O.3O/c2-1(3)4;;;;;;;/h(H2,2,3,4);;;;1H2;;;/q;3*+1;;;;/p-3. The van der Waals surface area contributed by atoms with Gasteiger partial charge in [-0.1, -0.05) is 0 Å². The van der Waals surface area contributed by atoms with Crippen LogP contribution >= 0.6 is 0 Å². The minimum absolute atomic E-state index is 0. The molecule has 0 saturated heterocycles. The van der Waals surface area contributed by atoms with E-state index in [2.05, 4.69) is 0 Å². The Hall–Kier alpha value is 1.15. The molecule has 0 spiro atoms. The Morgan fingerprint density at radius 2 is 1.09 bits per heavy atom. The van der Waals surface area contributed by atoms with E-state index in [-0.39, 0.29) is 59.1 Å². The molecule has 0 aromatic carbocycles. The van der Waals surface area contributed by atoms with Crippen LogP contribution in [0.2, 0.25) is 0 Å². The molecule has 10 heteroatoms. The van der Waals surface area contributed by atoms with E-state index >= 15 is 0 Å². The summed E-state index contributed by atoms with van der Waals surface area (Å²) in [6.07, 6.45) is -2.33. The van der Waals surface area contributed by atoms with Crippen molar-refractivity contribution in [3.8, 4) is 0 Å². The van der Waals surface area contributed by atoms with E-state index in [1.165, 1.54) is 0 Å². The quantitative estimate of drug-likeness (QED) is 0.405. The summed E-state index contributed by atoms with van der Waals surface area (Å²) in [5.41, 5.74) is 0. The molecule has 0 aromatic heterocycles. The molecule has 0 aliphatic rings. The van der Waals surface area contributed by atoms with Crippen molar-refractivity contribution in [2.24, 2.45) is 0 Å². The van der Waals surface area contributed by atoms with Crippen LogP contribution in [0, 0.1) is 0 Å². The Labute approximate surface area is 108 Å². The van der Waals surface area contributed by atoms with E-state index < -0.39 is 19.1 Å². The van der Waals surface area contributed by atoms with Gasteiger partial charge in [0, 0.05) is 0 Å². The molecule has 0 fully saturated rings. The molecule has 0 bridgehead atoms. The van der Waals surface area contributed by atoms with Gasteiger partial charge in [0.2, 0.25) is 0 Å². The molecule has 56 valence electrons. The first-order valence-electron chi connectivity index (χ1n) is 1.24. The van der Waals surface area contributed by atoms with Gasteiger partial charge in [0.05, 0.1) is 0 Å². The molecule has 0 aliphatic carbocycles. The van der Waals surface area contributed by atoms with Crippen LogP contribution in [0.1, 0.15) is 0 Å². The van der Waals surface area contributed by atoms with Gasteiger partial charge in [-0.25, -0.2) is 0 Å². The zero-order chi connectivity index (χ0) is 8.08. The molecular weight excluding hydrogens is 225 g/mol. The Morgan fingerprint density at radius 3 is 1.09 bits per heavy atom. The Morgan fingerprint density at radius 1 is 1.09 bits per heavy atom. The zero-order valence-electron chi connectivity index (χ0n) is 5.77. The van der Waals surface area contributed by atoms with E-state index in [0.29, 0.717) is 0 Å². The molecule has 11 heavy (non-hydrogen) atoms. The SMILES string of the molecule is O=C([O-])[O-].[Na+].[Na+].[O]=[Mn](=[O])(=[O])[OH]. The van der Waals surface area contributed by atoms with Gasteiger partial charge in [-0.05, 0) is 6.16 Å². The number of hydrogen-bond acceptors (Lipinski definition) is 6. The number of carboxylic acid groups (broad SMARTS) is 2. The number of carbonyl (C=O) groups excluding carboxylic acids is 1. The van der Waals surface area contributed by atoms with E-state index in [4.69, 9.17) is 30.7 Å². The molecule has 0 aromatic rings. The van der Waals surface area contributed by atoms with Crippen molar-refractivity contribution in [2.75, 3.05) is 0 Å². The molecule has 1 N–H and O–H groups in total. The first kappa shape index (κ1) is 22.7. The van der Waals surface area contributed by atoms with Gasteiger partial charge in [0.1, 0.15) is 0 Å². The topological polar surface area (TPSA) is 135 Å². The van der Waals surface area contributed by atoms with E-state index in [1.807, 2.05) is 0 Å². The minimum atomic E-state index is -5.38. The Kier molecular flexibility index (Phi) is 23.0. The van der Waals surface area contributed by atoms with Crippen LogP contribution in [0.5, 0.6) is 0 Å². The van der Waals surface area contributed by atoms with Gasteiger partial charge in [-0.15, -0.1) is 0 Å². The second-order valence-corrected chi connectivity index (χ2v) is 1.88. The van der Waals surface area contributed by atoms with Crippen LogP contribution < -0.4 is 69.3 Å². The van der Waals surface area contributed by atoms with Gasteiger partial charge in [0.25, 0.3) is 0 Å². The monoisotopic (exact) mass is 226 g/mol. The normalized spacial score (nSPS) is 7.36. The molecule has 0 amide bonds. The molecule has 0 saturated carbocycles. The Bertz CT molecular complexity index is 202. The van der Waals surface area contributed by atoms with Crippen molar-refractivity contribution in [3.63, 3.8) is 0 Å². The summed E-state index contributed by atoms with van der Waals surface area (Å²) in [6, 6.07) is 0. The van der Waals surface area contributed by atoms with E-state index in [0.717, 1.165) is 0 Å². The van der Waals surface area contributed by atoms with Crippen molar-refractivity contribution in [1.29, 1.82) is 0 Å². The zero-order valence-corrected chi connectivity index (χ0v) is 11.0. The summed E-state index contributed by atoms with van der Waals surface area (Å²) in [5, 5.41) is 16.7. The summed E-state index contributed by atoms with van der Waals surface area (Å²) in [7, 11) is 0. The Balaban J connectivity index is -0.0000000383. The number of hydrogen-bond donors (Lipinski definition) is 1. The molecule has 0 unspecified atom stereocenters. The van der Waals surface area contributed by atoms with Gasteiger partial charge in [-0.3, -0.25) is 0 Å².